The Morgan fingerprint density at radius 3 is 1.89 bits per heavy atom. The van der Waals surface area contributed by atoms with Crippen molar-refractivity contribution in [2.24, 2.45) is 0 Å². The summed E-state index contributed by atoms with van der Waals surface area (Å²) in [5, 5.41) is 0. The number of para-hydroxylation sites is 2. The lowest BCUT2D eigenvalue weighted by Gasteiger charge is -2.42. The SMILES string of the molecule is O=C(OCc1ccccc1)N1CC2CCC(C1)N2C(=O)N1c2ccccc2C=Cc2ccccc21. The maximum atomic E-state index is 14.2. The Bertz CT molecular complexity index is 1230. The molecular formula is C29H27N3O3. The maximum Gasteiger partial charge on any atom is 0.410 e. The van der Waals surface area contributed by atoms with E-state index in [0.29, 0.717) is 13.1 Å². The van der Waals surface area contributed by atoms with Crippen molar-refractivity contribution in [1.29, 1.82) is 0 Å². The fraction of sp³-hybridized carbons (Fsp3) is 0.241. The topological polar surface area (TPSA) is 53.1 Å². The smallest absolute Gasteiger partial charge is 0.410 e. The van der Waals surface area contributed by atoms with Crippen LogP contribution in [0.2, 0.25) is 0 Å². The highest BCUT2D eigenvalue weighted by Crippen LogP contribution is 2.40. The summed E-state index contributed by atoms with van der Waals surface area (Å²) in [4.78, 5) is 32.6. The van der Waals surface area contributed by atoms with Gasteiger partial charge in [-0.25, -0.2) is 9.59 Å². The number of amides is 3. The van der Waals surface area contributed by atoms with E-state index in [4.69, 9.17) is 4.74 Å². The molecule has 3 heterocycles. The van der Waals surface area contributed by atoms with E-state index < -0.39 is 0 Å². The van der Waals surface area contributed by atoms with Crippen molar-refractivity contribution in [2.45, 2.75) is 31.5 Å². The zero-order chi connectivity index (χ0) is 23.8. The van der Waals surface area contributed by atoms with Crippen LogP contribution in [0.3, 0.4) is 0 Å². The molecule has 0 spiro atoms. The van der Waals surface area contributed by atoms with Crippen LogP contribution in [-0.2, 0) is 11.3 Å². The van der Waals surface area contributed by atoms with Crippen molar-refractivity contribution in [3.8, 4) is 0 Å². The quantitative estimate of drug-likeness (QED) is 0.473. The van der Waals surface area contributed by atoms with Crippen LogP contribution in [0.5, 0.6) is 0 Å². The summed E-state index contributed by atoms with van der Waals surface area (Å²) in [6, 6.07) is 25.6. The number of hydrogen-bond acceptors (Lipinski definition) is 3. The normalized spacial score (nSPS) is 20.2. The predicted molar refractivity (Wildman–Crippen MR) is 136 cm³/mol. The Hall–Kier alpha value is -4.06. The largest absolute Gasteiger partial charge is 0.445 e. The number of carbonyl (C=O) groups excluding carboxylic acids is 2. The number of fused-ring (bicyclic) bond motifs is 4. The molecule has 3 aromatic carbocycles. The summed E-state index contributed by atoms with van der Waals surface area (Å²) in [5.41, 5.74) is 4.73. The molecule has 0 saturated carbocycles. The number of hydrogen-bond donors (Lipinski definition) is 0. The van der Waals surface area contributed by atoms with Gasteiger partial charge in [0.05, 0.1) is 23.5 Å². The summed E-state index contributed by atoms with van der Waals surface area (Å²) in [7, 11) is 0. The number of ether oxygens (including phenoxy) is 1. The van der Waals surface area contributed by atoms with Crippen LogP contribution in [0.25, 0.3) is 12.2 Å². The molecule has 0 aromatic heterocycles. The van der Waals surface area contributed by atoms with Gasteiger partial charge in [0.25, 0.3) is 0 Å². The monoisotopic (exact) mass is 465 g/mol. The van der Waals surface area contributed by atoms with Gasteiger partial charge >= 0.3 is 12.1 Å². The molecule has 3 aliphatic rings. The van der Waals surface area contributed by atoms with Crippen molar-refractivity contribution >= 4 is 35.7 Å². The van der Waals surface area contributed by atoms with E-state index in [-0.39, 0.29) is 30.8 Å². The third-order valence-electron chi connectivity index (χ3n) is 7.16. The van der Waals surface area contributed by atoms with Gasteiger partial charge in [0, 0.05) is 13.1 Å². The average Bonchev–Trinajstić information content (AvgIpc) is 3.07. The van der Waals surface area contributed by atoms with Crippen LogP contribution in [0.4, 0.5) is 21.0 Å². The average molecular weight is 466 g/mol. The molecule has 3 aromatic rings. The second-order valence-electron chi connectivity index (χ2n) is 9.31. The van der Waals surface area contributed by atoms with Gasteiger partial charge in [-0.2, -0.15) is 0 Å². The van der Waals surface area contributed by atoms with Crippen LogP contribution in [0.1, 0.15) is 29.5 Å². The lowest BCUT2D eigenvalue weighted by atomic mass is 10.1. The zero-order valence-electron chi connectivity index (χ0n) is 19.4. The lowest BCUT2D eigenvalue weighted by molar-refractivity contribution is 0.0566. The Balaban J connectivity index is 1.23. The van der Waals surface area contributed by atoms with Crippen LogP contribution < -0.4 is 4.90 Å². The number of benzene rings is 3. The number of nitrogens with zero attached hydrogens (tertiary/aromatic N) is 3. The number of piperazine rings is 1. The minimum Gasteiger partial charge on any atom is -0.445 e. The summed E-state index contributed by atoms with van der Waals surface area (Å²) in [6.45, 7) is 1.24. The second-order valence-corrected chi connectivity index (χ2v) is 9.31. The summed E-state index contributed by atoms with van der Waals surface area (Å²) in [5.74, 6) is 0. The van der Waals surface area contributed by atoms with Crippen molar-refractivity contribution in [1.82, 2.24) is 9.80 Å². The summed E-state index contributed by atoms with van der Waals surface area (Å²) < 4.78 is 5.58. The minimum atomic E-state index is -0.312. The summed E-state index contributed by atoms with van der Waals surface area (Å²) >= 11 is 0. The fourth-order valence-corrected chi connectivity index (χ4v) is 5.47. The molecule has 2 unspecified atom stereocenters. The van der Waals surface area contributed by atoms with Gasteiger partial charge in [-0.1, -0.05) is 78.9 Å². The molecule has 3 amide bonds. The molecule has 2 saturated heterocycles. The first-order chi connectivity index (χ1) is 17.2. The lowest BCUT2D eigenvalue weighted by Crippen LogP contribution is -2.59. The van der Waals surface area contributed by atoms with Gasteiger partial charge in [0.1, 0.15) is 6.61 Å². The molecule has 0 aliphatic carbocycles. The minimum absolute atomic E-state index is 0.0268. The molecule has 0 N–H and O–H groups in total. The van der Waals surface area contributed by atoms with Gasteiger partial charge < -0.3 is 14.5 Å². The van der Waals surface area contributed by atoms with Crippen molar-refractivity contribution in [3.63, 3.8) is 0 Å². The molecule has 3 aliphatic heterocycles. The Morgan fingerprint density at radius 2 is 1.29 bits per heavy atom. The third kappa shape index (κ3) is 3.95. The van der Waals surface area contributed by atoms with Gasteiger partial charge in [0.15, 0.2) is 0 Å². The van der Waals surface area contributed by atoms with E-state index in [1.807, 2.05) is 88.7 Å². The number of carbonyl (C=O) groups is 2. The Labute approximate surface area is 205 Å². The number of rotatable bonds is 2. The molecule has 2 fully saturated rings. The van der Waals surface area contributed by atoms with Crippen LogP contribution >= 0.6 is 0 Å². The number of likely N-dealkylation sites (tertiary alicyclic amines) is 1. The van der Waals surface area contributed by atoms with Crippen LogP contribution in [-0.4, -0.2) is 47.1 Å². The van der Waals surface area contributed by atoms with Gasteiger partial charge in [0.2, 0.25) is 0 Å². The van der Waals surface area contributed by atoms with E-state index in [1.165, 1.54) is 0 Å². The first-order valence-electron chi connectivity index (χ1n) is 12.1. The highest BCUT2D eigenvalue weighted by atomic mass is 16.6. The van der Waals surface area contributed by atoms with E-state index in [9.17, 15) is 9.59 Å². The summed E-state index contributed by atoms with van der Waals surface area (Å²) in [6.07, 6.45) is 5.59. The van der Waals surface area contributed by atoms with Crippen molar-refractivity contribution in [3.05, 3.63) is 95.6 Å². The predicted octanol–water partition coefficient (Wildman–Crippen LogP) is 5.91. The number of anilines is 2. The molecule has 6 nitrogen and oxygen atoms in total. The molecular weight excluding hydrogens is 438 g/mol. The van der Waals surface area contributed by atoms with Gasteiger partial charge in [-0.05, 0) is 41.7 Å². The second kappa shape index (κ2) is 8.95. The van der Waals surface area contributed by atoms with E-state index in [1.54, 1.807) is 4.90 Å². The van der Waals surface area contributed by atoms with Crippen LogP contribution in [0, 0.1) is 0 Å². The highest BCUT2D eigenvalue weighted by Gasteiger charge is 2.46. The molecule has 6 rings (SSSR count). The molecule has 2 atom stereocenters. The van der Waals surface area contributed by atoms with E-state index >= 15 is 0 Å². The Morgan fingerprint density at radius 1 is 0.743 bits per heavy atom. The molecule has 176 valence electrons. The first kappa shape index (κ1) is 21.5. The van der Waals surface area contributed by atoms with Gasteiger partial charge in [-0.3, -0.25) is 4.90 Å². The maximum absolute atomic E-state index is 14.2. The van der Waals surface area contributed by atoms with Crippen LogP contribution in [0.15, 0.2) is 78.9 Å². The van der Waals surface area contributed by atoms with Crippen molar-refractivity contribution < 1.29 is 14.3 Å². The Kier molecular flexibility index (Phi) is 5.49. The zero-order valence-corrected chi connectivity index (χ0v) is 19.4. The highest BCUT2D eigenvalue weighted by molar-refractivity contribution is 6.05. The molecule has 2 bridgehead atoms. The van der Waals surface area contributed by atoms with E-state index in [2.05, 4.69) is 12.2 Å². The molecule has 35 heavy (non-hydrogen) atoms. The standard InChI is InChI=1S/C29H27N3O3/c33-28(32-26-12-6-4-10-22(26)14-15-23-11-5-7-13-27(23)32)31-24-16-17-25(31)19-30(18-24)29(34)35-20-21-8-2-1-3-9-21/h1-15,24-25H,16-20H2. The van der Waals surface area contributed by atoms with Crippen molar-refractivity contribution in [2.75, 3.05) is 18.0 Å². The third-order valence-corrected chi connectivity index (χ3v) is 7.16. The van der Waals surface area contributed by atoms with E-state index in [0.717, 1.165) is 40.9 Å². The first-order valence-corrected chi connectivity index (χ1v) is 12.1. The molecule has 6 heteroatoms. The molecule has 0 radical (unpaired) electrons. The fourth-order valence-electron chi connectivity index (χ4n) is 5.47. The number of urea groups is 1. The van der Waals surface area contributed by atoms with Gasteiger partial charge in [-0.15, -0.1) is 0 Å².